The van der Waals surface area contributed by atoms with Crippen LogP contribution in [0.25, 0.3) is 0 Å². The van der Waals surface area contributed by atoms with Crippen LogP contribution in [-0.4, -0.2) is 35.1 Å². The molecular formula is C14H19N3O2S. The van der Waals surface area contributed by atoms with Crippen LogP contribution in [0.15, 0.2) is 18.3 Å². The summed E-state index contributed by atoms with van der Waals surface area (Å²) in [5, 5.41) is 2.78. The first-order chi connectivity index (χ1) is 9.66. The van der Waals surface area contributed by atoms with Gasteiger partial charge in [-0.3, -0.25) is 9.78 Å². The molecular weight excluding hydrogens is 274 g/mol. The van der Waals surface area contributed by atoms with Crippen molar-refractivity contribution in [3.8, 4) is 0 Å². The van der Waals surface area contributed by atoms with Crippen molar-refractivity contribution in [2.24, 2.45) is 5.73 Å². The molecule has 0 bridgehead atoms. The number of carbonyl (C=O) groups is 1. The molecule has 0 spiro atoms. The van der Waals surface area contributed by atoms with E-state index in [1.54, 1.807) is 12.1 Å². The summed E-state index contributed by atoms with van der Waals surface area (Å²) in [6, 6.07) is 3.31. The van der Waals surface area contributed by atoms with Gasteiger partial charge in [0.1, 0.15) is 10.7 Å². The number of nitrogens with two attached hydrogens (primary N) is 1. The Hall–Kier alpha value is -1.53. The molecule has 1 aromatic heterocycles. The number of hydrogen-bond acceptors (Lipinski definition) is 4. The van der Waals surface area contributed by atoms with Crippen LogP contribution in [0.4, 0.5) is 0 Å². The third kappa shape index (κ3) is 4.25. The average molecular weight is 293 g/mol. The first kappa shape index (κ1) is 14.9. The molecule has 1 aliphatic rings. The lowest BCUT2D eigenvalue weighted by Crippen LogP contribution is -2.29. The Balaban J connectivity index is 1.72. The van der Waals surface area contributed by atoms with E-state index in [4.69, 9.17) is 22.7 Å². The third-order valence-electron chi connectivity index (χ3n) is 3.32. The highest BCUT2D eigenvalue weighted by Crippen LogP contribution is 2.20. The van der Waals surface area contributed by atoms with Gasteiger partial charge in [-0.25, -0.2) is 0 Å². The van der Waals surface area contributed by atoms with Crippen LogP contribution in [0.5, 0.6) is 0 Å². The number of thiocarbonyl (C=S) groups is 1. The van der Waals surface area contributed by atoms with Crippen LogP contribution < -0.4 is 11.1 Å². The number of nitrogens with zero attached hydrogens (tertiary/aromatic N) is 1. The smallest absolute Gasteiger partial charge is 0.269 e. The minimum atomic E-state index is -0.213. The number of aromatic nitrogens is 1. The fourth-order valence-electron chi connectivity index (χ4n) is 2.21. The molecule has 1 fully saturated rings. The Morgan fingerprint density at radius 3 is 2.80 bits per heavy atom. The first-order valence-corrected chi connectivity index (χ1v) is 7.23. The molecule has 1 saturated carbocycles. The standard InChI is InChI=1S/C14H19N3O2S/c15-13(20)10-5-6-12(17-9-10)14(18)16-7-8-19-11-3-1-2-4-11/h5-6,9,11H,1-4,7-8H2,(H2,15,20)(H,16,18). The van der Waals surface area contributed by atoms with E-state index in [2.05, 4.69) is 10.3 Å². The van der Waals surface area contributed by atoms with Crippen molar-refractivity contribution < 1.29 is 9.53 Å². The van der Waals surface area contributed by atoms with Crippen molar-refractivity contribution in [1.82, 2.24) is 10.3 Å². The van der Waals surface area contributed by atoms with Crippen molar-refractivity contribution in [1.29, 1.82) is 0 Å². The maximum absolute atomic E-state index is 11.8. The second-order valence-corrected chi connectivity index (χ2v) is 5.27. The summed E-state index contributed by atoms with van der Waals surface area (Å²) >= 11 is 4.83. The minimum Gasteiger partial charge on any atom is -0.389 e. The highest BCUT2D eigenvalue weighted by molar-refractivity contribution is 7.80. The molecule has 1 heterocycles. The van der Waals surface area contributed by atoms with Crippen LogP contribution in [0.1, 0.15) is 41.7 Å². The lowest BCUT2D eigenvalue weighted by atomic mass is 10.2. The van der Waals surface area contributed by atoms with Gasteiger partial charge in [-0.1, -0.05) is 25.1 Å². The molecule has 1 aromatic rings. The van der Waals surface area contributed by atoms with E-state index in [9.17, 15) is 4.79 Å². The summed E-state index contributed by atoms with van der Waals surface area (Å²) in [5.41, 5.74) is 6.48. The Labute approximate surface area is 123 Å². The summed E-state index contributed by atoms with van der Waals surface area (Å²) in [4.78, 5) is 16.1. The fourth-order valence-corrected chi connectivity index (χ4v) is 2.33. The predicted octanol–water partition coefficient (Wildman–Crippen LogP) is 1.40. The summed E-state index contributed by atoms with van der Waals surface area (Å²) in [6.07, 6.45) is 6.64. The third-order valence-corrected chi connectivity index (χ3v) is 3.56. The zero-order chi connectivity index (χ0) is 14.4. The average Bonchev–Trinajstić information content (AvgIpc) is 2.96. The predicted molar refractivity (Wildman–Crippen MR) is 80.7 cm³/mol. The minimum absolute atomic E-state index is 0.213. The molecule has 108 valence electrons. The van der Waals surface area contributed by atoms with Crippen LogP contribution in [-0.2, 0) is 4.74 Å². The molecule has 20 heavy (non-hydrogen) atoms. The summed E-state index contributed by atoms with van der Waals surface area (Å²) in [7, 11) is 0. The first-order valence-electron chi connectivity index (χ1n) is 6.82. The fraction of sp³-hybridized carbons (Fsp3) is 0.500. The normalized spacial score (nSPS) is 15.2. The number of carbonyl (C=O) groups excluding carboxylic acids is 1. The molecule has 1 aliphatic carbocycles. The van der Waals surface area contributed by atoms with Gasteiger partial charge in [0.15, 0.2) is 0 Å². The van der Waals surface area contributed by atoms with E-state index in [0.717, 1.165) is 12.8 Å². The van der Waals surface area contributed by atoms with Crippen molar-refractivity contribution in [2.75, 3.05) is 13.2 Å². The van der Waals surface area contributed by atoms with Gasteiger partial charge in [-0.15, -0.1) is 0 Å². The SMILES string of the molecule is NC(=S)c1ccc(C(=O)NCCOC2CCCC2)nc1. The van der Waals surface area contributed by atoms with Gasteiger partial charge in [0, 0.05) is 18.3 Å². The molecule has 0 saturated heterocycles. The van der Waals surface area contributed by atoms with Crippen molar-refractivity contribution >= 4 is 23.1 Å². The summed E-state index contributed by atoms with van der Waals surface area (Å²) in [6.45, 7) is 1.04. The molecule has 0 aromatic carbocycles. The molecule has 1 amide bonds. The second kappa shape index (κ2) is 7.31. The highest BCUT2D eigenvalue weighted by atomic mass is 32.1. The largest absolute Gasteiger partial charge is 0.389 e. The van der Waals surface area contributed by atoms with E-state index in [0.29, 0.717) is 30.5 Å². The van der Waals surface area contributed by atoms with Gasteiger partial charge in [0.05, 0.1) is 12.7 Å². The monoisotopic (exact) mass is 293 g/mol. The molecule has 0 radical (unpaired) electrons. The zero-order valence-corrected chi connectivity index (χ0v) is 12.1. The van der Waals surface area contributed by atoms with E-state index >= 15 is 0 Å². The number of pyridine rings is 1. The van der Waals surface area contributed by atoms with Crippen LogP contribution >= 0.6 is 12.2 Å². The van der Waals surface area contributed by atoms with Gasteiger partial charge in [-0.2, -0.15) is 0 Å². The van der Waals surface area contributed by atoms with Crippen LogP contribution in [0.3, 0.4) is 0 Å². The maximum atomic E-state index is 11.8. The molecule has 0 aliphatic heterocycles. The number of amides is 1. The molecule has 6 heteroatoms. The van der Waals surface area contributed by atoms with E-state index in [1.165, 1.54) is 19.0 Å². The van der Waals surface area contributed by atoms with Crippen LogP contribution in [0.2, 0.25) is 0 Å². The number of nitrogens with one attached hydrogen (secondary N) is 1. The Bertz CT molecular complexity index is 470. The van der Waals surface area contributed by atoms with E-state index in [-0.39, 0.29) is 10.9 Å². The quantitative estimate of drug-likeness (QED) is 0.612. The molecule has 0 unspecified atom stereocenters. The van der Waals surface area contributed by atoms with Gasteiger partial charge in [-0.05, 0) is 25.0 Å². The molecule has 5 nitrogen and oxygen atoms in total. The van der Waals surface area contributed by atoms with Crippen molar-refractivity contribution in [2.45, 2.75) is 31.8 Å². The van der Waals surface area contributed by atoms with Gasteiger partial charge in [0.25, 0.3) is 5.91 Å². The number of rotatable bonds is 6. The molecule has 3 N–H and O–H groups in total. The van der Waals surface area contributed by atoms with E-state index < -0.39 is 0 Å². The summed E-state index contributed by atoms with van der Waals surface area (Å²) < 4.78 is 5.67. The Morgan fingerprint density at radius 2 is 2.20 bits per heavy atom. The second-order valence-electron chi connectivity index (χ2n) is 4.83. The molecule has 2 rings (SSSR count). The summed E-state index contributed by atoms with van der Waals surface area (Å²) in [5.74, 6) is -0.213. The van der Waals surface area contributed by atoms with Gasteiger partial charge >= 0.3 is 0 Å². The molecule has 0 atom stereocenters. The number of hydrogen-bond donors (Lipinski definition) is 2. The lowest BCUT2D eigenvalue weighted by Gasteiger charge is -2.11. The lowest BCUT2D eigenvalue weighted by molar-refractivity contribution is 0.0581. The van der Waals surface area contributed by atoms with E-state index in [1.807, 2.05) is 0 Å². The van der Waals surface area contributed by atoms with Crippen LogP contribution in [0, 0.1) is 0 Å². The van der Waals surface area contributed by atoms with Gasteiger partial charge < -0.3 is 15.8 Å². The van der Waals surface area contributed by atoms with Crippen molar-refractivity contribution in [3.05, 3.63) is 29.6 Å². The Kier molecular flexibility index (Phi) is 5.43. The number of ether oxygens (including phenoxy) is 1. The van der Waals surface area contributed by atoms with Crippen molar-refractivity contribution in [3.63, 3.8) is 0 Å². The Morgan fingerprint density at radius 1 is 1.45 bits per heavy atom. The topological polar surface area (TPSA) is 77.2 Å². The zero-order valence-electron chi connectivity index (χ0n) is 11.3. The van der Waals surface area contributed by atoms with Gasteiger partial charge in [0.2, 0.25) is 0 Å². The maximum Gasteiger partial charge on any atom is 0.269 e. The highest BCUT2D eigenvalue weighted by Gasteiger charge is 2.15.